The second kappa shape index (κ2) is 10.7. The van der Waals surface area contributed by atoms with E-state index in [1.165, 1.54) is 12.8 Å². The molecule has 2 aromatic rings. The van der Waals surface area contributed by atoms with Gasteiger partial charge in [-0.15, -0.1) is 0 Å². The average Bonchev–Trinajstić information content (AvgIpc) is 3.40. The predicted molar refractivity (Wildman–Crippen MR) is 140 cm³/mol. The Labute approximate surface area is 216 Å². The molecule has 5 N–H and O–H groups in total. The number of rotatable bonds is 7. The maximum Gasteiger partial charge on any atom is 0.250 e. The van der Waals surface area contributed by atoms with Gasteiger partial charge < -0.3 is 30.7 Å². The Hall–Kier alpha value is -3.82. The number of methoxy groups -OCH3 is 1. The summed E-state index contributed by atoms with van der Waals surface area (Å²) in [5, 5.41) is 23.8. The summed E-state index contributed by atoms with van der Waals surface area (Å²) in [7, 11) is 1.54. The first-order chi connectivity index (χ1) is 17.9. The maximum absolute atomic E-state index is 12.9. The Morgan fingerprint density at radius 2 is 1.92 bits per heavy atom. The van der Waals surface area contributed by atoms with Crippen molar-refractivity contribution < 1.29 is 19.4 Å². The van der Waals surface area contributed by atoms with Crippen LogP contribution in [-0.4, -0.2) is 47.7 Å². The van der Waals surface area contributed by atoms with Crippen molar-refractivity contribution in [1.29, 1.82) is 0 Å². The third-order valence-electron chi connectivity index (χ3n) is 7.12. The van der Waals surface area contributed by atoms with E-state index in [0.29, 0.717) is 35.2 Å². The minimum Gasteiger partial charge on any atom is -0.495 e. The summed E-state index contributed by atoms with van der Waals surface area (Å²) in [6, 6.07) is 14.3. The summed E-state index contributed by atoms with van der Waals surface area (Å²) in [4.78, 5) is 27.6. The average molecular weight is 504 g/mol. The lowest BCUT2D eigenvalue weighted by Gasteiger charge is -2.39. The van der Waals surface area contributed by atoms with E-state index in [-0.39, 0.29) is 12.2 Å². The minimum absolute atomic E-state index is 0.125. The number of anilines is 1. The Morgan fingerprint density at radius 1 is 1.16 bits per heavy atom. The molecule has 9 nitrogen and oxygen atoms in total. The van der Waals surface area contributed by atoms with Crippen molar-refractivity contribution in [2.45, 2.75) is 51.0 Å². The highest BCUT2D eigenvalue weighted by Crippen LogP contribution is 2.32. The summed E-state index contributed by atoms with van der Waals surface area (Å²) in [5.74, 6) is 0.843. The maximum atomic E-state index is 12.9. The molecule has 9 heteroatoms. The lowest BCUT2D eigenvalue weighted by Crippen LogP contribution is -2.57. The first-order valence-electron chi connectivity index (χ1n) is 12.7. The summed E-state index contributed by atoms with van der Waals surface area (Å²) in [6.45, 7) is 2.45. The van der Waals surface area contributed by atoms with Crippen LogP contribution in [0.2, 0.25) is 0 Å². The molecule has 2 aliphatic heterocycles. The van der Waals surface area contributed by atoms with Crippen LogP contribution >= 0.6 is 0 Å². The molecule has 3 aliphatic rings. The van der Waals surface area contributed by atoms with Crippen LogP contribution in [0.5, 0.6) is 5.75 Å². The molecule has 2 unspecified atom stereocenters. The molecule has 2 aromatic carbocycles. The zero-order chi connectivity index (χ0) is 25.9. The number of hydrogen-bond donors (Lipinski definition) is 5. The van der Waals surface area contributed by atoms with Crippen LogP contribution in [0.1, 0.15) is 54.6 Å². The molecule has 194 valence electrons. The first-order valence-corrected chi connectivity index (χ1v) is 12.7. The lowest BCUT2D eigenvalue weighted by molar-refractivity contribution is -0.115. The van der Waals surface area contributed by atoms with Gasteiger partial charge >= 0.3 is 0 Å². The van der Waals surface area contributed by atoms with Crippen molar-refractivity contribution in [3.05, 3.63) is 82.9 Å². The molecule has 2 heterocycles. The van der Waals surface area contributed by atoms with Gasteiger partial charge in [-0.2, -0.15) is 0 Å². The largest absolute Gasteiger partial charge is 0.495 e. The topological polar surface area (TPSA) is 115 Å². The van der Waals surface area contributed by atoms with Crippen molar-refractivity contribution in [3.8, 4) is 5.75 Å². The number of hydrogen-bond acceptors (Lipinski definition) is 8. The third-order valence-corrected chi connectivity index (χ3v) is 7.12. The van der Waals surface area contributed by atoms with Gasteiger partial charge in [-0.1, -0.05) is 43.2 Å². The number of allylic oxidation sites excluding steroid dienone is 1. The van der Waals surface area contributed by atoms with Crippen molar-refractivity contribution in [3.63, 3.8) is 0 Å². The predicted octanol–water partition coefficient (Wildman–Crippen LogP) is 2.95. The van der Waals surface area contributed by atoms with Crippen LogP contribution in [-0.2, 0) is 4.79 Å². The van der Waals surface area contributed by atoms with E-state index < -0.39 is 11.9 Å². The van der Waals surface area contributed by atoms with Gasteiger partial charge in [-0.25, -0.2) is 0 Å². The number of nitrogens with zero attached hydrogens (tertiary/aromatic N) is 1. The molecule has 0 spiro atoms. The van der Waals surface area contributed by atoms with E-state index >= 15 is 0 Å². The molecule has 0 aromatic heterocycles. The van der Waals surface area contributed by atoms with E-state index in [2.05, 4.69) is 26.2 Å². The number of benzene rings is 2. The van der Waals surface area contributed by atoms with Gasteiger partial charge in [0.1, 0.15) is 17.7 Å². The van der Waals surface area contributed by atoms with Crippen molar-refractivity contribution in [2.75, 3.05) is 19.0 Å². The van der Waals surface area contributed by atoms with Crippen LogP contribution in [0.15, 0.2) is 71.8 Å². The fraction of sp³-hybridized carbons (Fsp3) is 0.357. The number of ketones is 1. The number of carbonyl (C=O) groups is 2. The normalized spacial score (nSPS) is 20.8. The van der Waals surface area contributed by atoms with Gasteiger partial charge in [-0.3, -0.25) is 14.9 Å². The number of amides is 1. The van der Waals surface area contributed by atoms with E-state index in [0.717, 1.165) is 30.1 Å². The molecule has 1 saturated carbocycles. The molecule has 2 atom stereocenters. The summed E-state index contributed by atoms with van der Waals surface area (Å²) < 4.78 is 5.58. The standard InChI is InChI=1S/C28H33N5O4/c1-17-14-24(34)30-22-16-29-28(32-27(22)33(17)20-10-6-7-11-20)31-21-13-12-19(15-23(21)37-2)26(36)25(35)18-8-4-3-5-9-18/h3-5,8-9,12-15,20,25,28-29,31-32,35H,6-7,10-11,16H2,1-2H3,(H,30,34). The van der Waals surface area contributed by atoms with E-state index in [1.54, 1.807) is 55.7 Å². The SMILES string of the molecule is COc1cc(C(=O)C(O)c2ccccc2)ccc1NC1NCC2=C(N1)N(C1CCCC1)C(C)=CC(=O)N2. The summed E-state index contributed by atoms with van der Waals surface area (Å²) in [6.07, 6.45) is 4.59. The number of carbonyl (C=O) groups excluding carboxylic acids is 2. The van der Waals surface area contributed by atoms with Gasteiger partial charge in [0, 0.05) is 29.9 Å². The third kappa shape index (κ3) is 5.19. The van der Waals surface area contributed by atoms with Crippen molar-refractivity contribution in [2.24, 2.45) is 0 Å². The molecule has 0 bridgehead atoms. The Kier molecular flexibility index (Phi) is 7.16. The molecular weight excluding hydrogens is 470 g/mol. The van der Waals surface area contributed by atoms with Gasteiger partial charge in [0.05, 0.1) is 18.5 Å². The Morgan fingerprint density at radius 3 is 2.65 bits per heavy atom. The summed E-state index contributed by atoms with van der Waals surface area (Å²) in [5.41, 5.74) is 3.30. The fourth-order valence-corrected chi connectivity index (χ4v) is 5.29. The molecule has 1 aliphatic carbocycles. The highest BCUT2D eigenvalue weighted by molar-refractivity contribution is 6.00. The number of nitrogens with one attached hydrogen (secondary N) is 4. The number of aliphatic hydroxyl groups excluding tert-OH is 1. The second-order valence-corrected chi connectivity index (χ2v) is 9.61. The van der Waals surface area contributed by atoms with Crippen molar-refractivity contribution in [1.82, 2.24) is 20.9 Å². The number of ether oxygens (including phenoxy) is 1. The molecule has 1 fully saturated rings. The van der Waals surface area contributed by atoms with Gasteiger partial charge in [0.2, 0.25) is 5.91 Å². The van der Waals surface area contributed by atoms with E-state index in [9.17, 15) is 14.7 Å². The molecule has 0 radical (unpaired) electrons. The van der Waals surface area contributed by atoms with E-state index in [4.69, 9.17) is 4.74 Å². The molecule has 1 amide bonds. The minimum atomic E-state index is -1.25. The fourth-order valence-electron chi connectivity index (χ4n) is 5.29. The quantitative estimate of drug-likeness (QED) is 0.367. The van der Waals surface area contributed by atoms with Gasteiger partial charge in [-0.05, 0) is 43.5 Å². The van der Waals surface area contributed by atoms with Crippen LogP contribution in [0.25, 0.3) is 0 Å². The molecule has 37 heavy (non-hydrogen) atoms. The number of Topliss-reactive ketones (excluding diaryl/α,β-unsaturated/α-hetero) is 1. The second-order valence-electron chi connectivity index (χ2n) is 9.61. The van der Waals surface area contributed by atoms with Gasteiger partial charge in [0.15, 0.2) is 12.1 Å². The van der Waals surface area contributed by atoms with E-state index in [1.807, 2.05) is 13.0 Å². The molecule has 5 rings (SSSR count). The Bertz CT molecular complexity index is 1240. The first kappa shape index (κ1) is 24.9. The zero-order valence-electron chi connectivity index (χ0n) is 21.1. The smallest absolute Gasteiger partial charge is 0.250 e. The van der Waals surface area contributed by atoms with Crippen LogP contribution in [0.4, 0.5) is 5.69 Å². The van der Waals surface area contributed by atoms with Crippen LogP contribution in [0.3, 0.4) is 0 Å². The Balaban J connectivity index is 1.35. The van der Waals surface area contributed by atoms with Gasteiger partial charge in [0.25, 0.3) is 0 Å². The monoisotopic (exact) mass is 503 g/mol. The highest BCUT2D eigenvalue weighted by Gasteiger charge is 2.33. The van der Waals surface area contributed by atoms with Crippen LogP contribution in [0, 0.1) is 0 Å². The lowest BCUT2D eigenvalue weighted by atomic mass is 9.99. The summed E-state index contributed by atoms with van der Waals surface area (Å²) >= 11 is 0. The number of aliphatic hydroxyl groups is 1. The highest BCUT2D eigenvalue weighted by atomic mass is 16.5. The zero-order valence-corrected chi connectivity index (χ0v) is 21.1. The molecular formula is C28H33N5O4. The van der Waals surface area contributed by atoms with Crippen LogP contribution < -0.4 is 26.0 Å². The molecule has 0 saturated heterocycles. The van der Waals surface area contributed by atoms with Crippen molar-refractivity contribution >= 4 is 17.4 Å².